The number of fused-ring (bicyclic) bond motifs is 1. The quantitative estimate of drug-likeness (QED) is 0.711. The summed E-state index contributed by atoms with van der Waals surface area (Å²) in [5, 5.41) is 0.568. The Hall–Kier alpha value is -2.92. The smallest absolute Gasteiger partial charge is 0.279 e. The molecule has 0 unspecified atom stereocenters. The van der Waals surface area contributed by atoms with Crippen molar-refractivity contribution in [2.75, 3.05) is 25.5 Å². The zero-order valence-electron chi connectivity index (χ0n) is 15.3. The minimum absolute atomic E-state index is 0.177. The Kier molecular flexibility index (Phi) is 5.03. The predicted molar refractivity (Wildman–Crippen MR) is 110 cm³/mol. The summed E-state index contributed by atoms with van der Waals surface area (Å²) in [6.45, 7) is 2.99. The molecular formula is C22H24N4O. The highest BCUT2D eigenvalue weighted by molar-refractivity contribution is 5.77. The molecule has 0 radical (unpaired) electrons. The number of nitrogens with zero attached hydrogens (tertiary/aromatic N) is 3. The maximum atomic E-state index is 12.4. The van der Waals surface area contributed by atoms with Gasteiger partial charge in [0.05, 0.1) is 10.9 Å². The molecule has 2 N–H and O–H groups in total. The lowest BCUT2D eigenvalue weighted by Crippen LogP contribution is -2.33. The minimum atomic E-state index is -0.177. The van der Waals surface area contributed by atoms with E-state index in [1.807, 2.05) is 18.2 Å². The second kappa shape index (κ2) is 7.76. The van der Waals surface area contributed by atoms with Crippen LogP contribution in [-0.4, -0.2) is 34.2 Å². The molecule has 0 saturated heterocycles. The van der Waals surface area contributed by atoms with Crippen molar-refractivity contribution in [3.05, 3.63) is 82.4 Å². The number of rotatable bonds is 5. The van der Waals surface area contributed by atoms with E-state index in [2.05, 4.69) is 46.3 Å². The molecule has 27 heavy (non-hydrogen) atoms. The molecule has 1 aliphatic rings. The van der Waals surface area contributed by atoms with Gasteiger partial charge < -0.3 is 5.84 Å². The topological polar surface area (TPSA) is 64.2 Å². The van der Waals surface area contributed by atoms with Crippen molar-refractivity contribution in [1.82, 2.24) is 14.6 Å². The highest BCUT2D eigenvalue weighted by Crippen LogP contribution is 2.22. The fraction of sp³-hybridized carbons (Fsp3) is 0.273. The van der Waals surface area contributed by atoms with Gasteiger partial charge in [0.1, 0.15) is 5.82 Å². The van der Waals surface area contributed by atoms with E-state index in [0.717, 1.165) is 32.5 Å². The van der Waals surface area contributed by atoms with Gasteiger partial charge >= 0.3 is 0 Å². The van der Waals surface area contributed by atoms with Crippen molar-refractivity contribution < 1.29 is 0 Å². The molecule has 3 aromatic rings. The second-order valence-electron chi connectivity index (χ2n) is 6.97. The Labute approximate surface area is 158 Å². The van der Waals surface area contributed by atoms with Crippen molar-refractivity contribution in [2.24, 2.45) is 0 Å². The summed E-state index contributed by atoms with van der Waals surface area (Å²) >= 11 is 0. The number of aromatic nitrogens is 2. The number of para-hydroxylation sites is 1. The van der Waals surface area contributed by atoms with Gasteiger partial charge in [0.25, 0.3) is 5.56 Å². The maximum absolute atomic E-state index is 12.4. The largest absolute Gasteiger partial charge is 0.335 e. The standard InChI is InChI=1S/C22H24N4O/c23-26-21(24-20-10-5-4-9-19(20)22(26)27)11-6-14-25-15-12-18(13-16-25)17-7-2-1-3-8-17/h1-5,7-10,12H,6,11,13-16,23H2. The number of hydrogen-bond acceptors (Lipinski definition) is 4. The number of nitrogens with two attached hydrogens (primary N) is 1. The first-order valence-electron chi connectivity index (χ1n) is 9.45. The molecule has 2 aromatic carbocycles. The summed E-state index contributed by atoms with van der Waals surface area (Å²) in [6, 6.07) is 17.9. The number of aryl methyl sites for hydroxylation is 1. The Bertz CT molecular complexity index is 1020. The number of benzene rings is 2. The van der Waals surface area contributed by atoms with E-state index < -0.39 is 0 Å². The van der Waals surface area contributed by atoms with E-state index in [0.29, 0.717) is 23.1 Å². The van der Waals surface area contributed by atoms with Crippen molar-refractivity contribution in [3.8, 4) is 0 Å². The van der Waals surface area contributed by atoms with Gasteiger partial charge in [-0.3, -0.25) is 9.69 Å². The zero-order chi connectivity index (χ0) is 18.6. The Morgan fingerprint density at radius 2 is 1.81 bits per heavy atom. The highest BCUT2D eigenvalue weighted by Gasteiger charge is 2.13. The normalized spacial score (nSPS) is 15.0. The van der Waals surface area contributed by atoms with E-state index in [1.165, 1.54) is 15.8 Å². The molecule has 0 atom stereocenters. The molecule has 5 nitrogen and oxygen atoms in total. The number of hydrogen-bond donors (Lipinski definition) is 1. The van der Waals surface area contributed by atoms with E-state index in [9.17, 15) is 4.79 Å². The van der Waals surface area contributed by atoms with E-state index in [1.54, 1.807) is 6.07 Å². The molecule has 5 heteroatoms. The molecule has 0 amide bonds. The van der Waals surface area contributed by atoms with Gasteiger partial charge in [-0.15, -0.1) is 0 Å². The molecule has 138 valence electrons. The molecule has 1 aromatic heterocycles. The van der Waals surface area contributed by atoms with Crippen molar-refractivity contribution in [3.63, 3.8) is 0 Å². The van der Waals surface area contributed by atoms with Gasteiger partial charge in [-0.2, -0.15) is 0 Å². The Balaban J connectivity index is 1.37. The van der Waals surface area contributed by atoms with Gasteiger partial charge in [-0.05, 0) is 42.7 Å². The minimum Gasteiger partial charge on any atom is -0.335 e. The zero-order valence-corrected chi connectivity index (χ0v) is 15.3. The summed E-state index contributed by atoms with van der Waals surface area (Å²) in [4.78, 5) is 19.4. The van der Waals surface area contributed by atoms with Gasteiger partial charge in [0.15, 0.2) is 0 Å². The average molecular weight is 360 g/mol. The SMILES string of the molecule is Nn1c(CCCN2CC=C(c3ccccc3)CC2)nc2ccccc2c1=O. The lowest BCUT2D eigenvalue weighted by Gasteiger charge is -2.26. The van der Waals surface area contributed by atoms with Crippen LogP contribution >= 0.6 is 0 Å². The first-order chi connectivity index (χ1) is 13.2. The summed E-state index contributed by atoms with van der Waals surface area (Å²) in [6.07, 6.45) is 5.02. The summed E-state index contributed by atoms with van der Waals surface area (Å²) in [5.41, 5.74) is 3.29. The fourth-order valence-electron chi connectivity index (χ4n) is 3.66. The molecule has 0 aliphatic carbocycles. The first-order valence-corrected chi connectivity index (χ1v) is 9.45. The monoisotopic (exact) mass is 360 g/mol. The summed E-state index contributed by atoms with van der Waals surface area (Å²) in [5.74, 6) is 6.62. The predicted octanol–water partition coefficient (Wildman–Crippen LogP) is 2.83. The van der Waals surface area contributed by atoms with Crippen molar-refractivity contribution in [1.29, 1.82) is 0 Å². The Morgan fingerprint density at radius 3 is 2.59 bits per heavy atom. The van der Waals surface area contributed by atoms with Crippen molar-refractivity contribution >= 4 is 16.5 Å². The van der Waals surface area contributed by atoms with Gasteiger partial charge in [-0.1, -0.05) is 48.5 Å². The van der Waals surface area contributed by atoms with Gasteiger partial charge in [-0.25, -0.2) is 9.66 Å². The van der Waals surface area contributed by atoms with Crippen LogP contribution in [0.4, 0.5) is 0 Å². The molecule has 0 fully saturated rings. The van der Waals surface area contributed by atoms with E-state index in [-0.39, 0.29) is 5.56 Å². The van der Waals surface area contributed by atoms with Gasteiger partial charge in [0, 0.05) is 19.5 Å². The molecule has 0 spiro atoms. The van der Waals surface area contributed by atoms with Crippen LogP contribution in [0, 0.1) is 0 Å². The summed E-state index contributed by atoms with van der Waals surface area (Å²) < 4.78 is 1.20. The van der Waals surface area contributed by atoms with Crippen LogP contribution in [0.3, 0.4) is 0 Å². The third-order valence-corrected chi connectivity index (χ3v) is 5.19. The van der Waals surface area contributed by atoms with Crippen LogP contribution < -0.4 is 11.4 Å². The van der Waals surface area contributed by atoms with E-state index >= 15 is 0 Å². The second-order valence-corrected chi connectivity index (χ2v) is 6.97. The van der Waals surface area contributed by atoms with Crippen LogP contribution in [0.25, 0.3) is 16.5 Å². The lowest BCUT2D eigenvalue weighted by molar-refractivity contribution is 0.297. The first kappa shape index (κ1) is 17.5. The molecule has 2 heterocycles. The van der Waals surface area contributed by atoms with Crippen molar-refractivity contribution in [2.45, 2.75) is 19.3 Å². The third kappa shape index (κ3) is 3.78. The molecule has 4 rings (SSSR count). The van der Waals surface area contributed by atoms with Crippen LogP contribution in [0.1, 0.15) is 24.2 Å². The molecule has 0 bridgehead atoms. The number of nitrogen functional groups attached to an aromatic ring is 1. The molecular weight excluding hydrogens is 336 g/mol. The lowest BCUT2D eigenvalue weighted by atomic mass is 9.99. The highest BCUT2D eigenvalue weighted by atomic mass is 16.1. The molecule has 0 saturated carbocycles. The van der Waals surface area contributed by atoms with Crippen LogP contribution in [0.15, 0.2) is 65.5 Å². The summed E-state index contributed by atoms with van der Waals surface area (Å²) in [7, 11) is 0. The van der Waals surface area contributed by atoms with Crippen LogP contribution in [-0.2, 0) is 6.42 Å². The third-order valence-electron chi connectivity index (χ3n) is 5.19. The average Bonchev–Trinajstić information content (AvgIpc) is 2.73. The molecule has 1 aliphatic heterocycles. The Morgan fingerprint density at radius 1 is 1.04 bits per heavy atom. The van der Waals surface area contributed by atoms with Gasteiger partial charge in [0.2, 0.25) is 0 Å². The fourth-order valence-corrected chi connectivity index (χ4v) is 3.66. The maximum Gasteiger partial charge on any atom is 0.279 e. The van der Waals surface area contributed by atoms with E-state index in [4.69, 9.17) is 5.84 Å². The van der Waals surface area contributed by atoms with Crippen LogP contribution in [0.2, 0.25) is 0 Å². The van der Waals surface area contributed by atoms with Crippen LogP contribution in [0.5, 0.6) is 0 Å².